The van der Waals surface area contributed by atoms with Crippen LogP contribution >= 0.6 is 0 Å². The van der Waals surface area contributed by atoms with Crippen LogP contribution in [-0.2, 0) is 0 Å². The Morgan fingerprint density at radius 2 is 0.923 bits per heavy atom. The highest BCUT2D eigenvalue weighted by molar-refractivity contribution is 6.18. The minimum Gasteiger partial charge on any atom is -0.255 e. The van der Waals surface area contributed by atoms with Crippen LogP contribution in [-0.4, -0.2) is 24.9 Å². The second-order valence-corrected chi connectivity index (χ2v) is 5.84. The van der Waals surface area contributed by atoms with Gasteiger partial charge in [-0.25, -0.2) is 19.9 Å². The number of fused-ring (bicyclic) bond motifs is 2. The van der Waals surface area contributed by atoms with E-state index in [1.165, 1.54) is 0 Å². The van der Waals surface area contributed by atoms with Crippen molar-refractivity contribution in [3.05, 3.63) is 79.5 Å². The van der Waals surface area contributed by atoms with Crippen molar-refractivity contribution in [1.29, 1.82) is 0 Å². The lowest BCUT2D eigenvalue weighted by Gasteiger charge is -2.14. The third-order valence-corrected chi connectivity index (χ3v) is 4.36. The van der Waals surface area contributed by atoms with Gasteiger partial charge in [0.05, 0.1) is 11.1 Å². The molecule has 0 spiro atoms. The van der Waals surface area contributed by atoms with Crippen molar-refractivity contribution in [3.63, 3.8) is 0 Å². The molecule has 2 aromatic carbocycles. The number of nitrogens with zero attached hydrogens (tertiary/aromatic N) is 5. The van der Waals surface area contributed by atoms with E-state index in [1.54, 1.807) is 31.0 Å². The minimum absolute atomic E-state index is 0.660. The second kappa shape index (κ2) is 5.97. The quantitative estimate of drug-likeness (QED) is 0.450. The molecule has 0 amide bonds. The van der Waals surface area contributed by atoms with E-state index in [9.17, 15) is 0 Å². The summed E-state index contributed by atoms with van der Waals surface area (Å²) in [5.41, 5.74) is 2.75. The van der Waals surface area contributed by atoms with Gasteiger partial charge in [-0.3, -0.25) is 4.98 Å². The lowest BCUT2D eigenvalue weighted by atomic mass is 9.93. The highest BCUT2D eigenvalue weighted by Gasteiger charge is 2.19. The average molecular weight is 335 g/mol. The molecule has 0 aliphatic rings. The topological polar surface area (TPSA) is 64.5 Å². The molecule has 0 unspecified atom stereocenters. The Labute approximate surface area is 149 Å². The van der Waals surface area contributed by atoms with Gasteiger partial charge in [-0.2, -0.15) is 0 Å². The number of benzene rings is 2. The van der Waals surface area contributed by atoms with Crippen LogP contribution in [0.5, 0.6) is 0 Å². The molecule has 3 aromatic heterocycles. The fourth-order valence-corrected chi connectivity index (χ4v) is 3.32. The molecule has 0 saturated carbocycles. The van der Waals surface area contributed by atoms with E-state index in [-0.39, 0.29) is 0 Å². The first-order valence-electron chi connectivity index (χ1n) is 8.28. The fourth-order valence-electron chi connectivity index (χ4n) is 3.32. The van der Waals surface area contributed by atoms with E-state index in [0.717, 1.165) is 32.8 Å². The monoisotopic (exact) mass is 335 g/mol. The van der Waals surface area contributed by atoms with E-state index in [2.05, 4.69) is 37.1 Å². The summed E-state index contributed by atoms with van der Waals surface area (Å²) in [6, 6.07) is 15.8. The van der Waals surface area contributed by atoms with Crippen LogP contribution in [0.25, 0.3) is 44.5 Å². The molecule has 5 nitrogen and oxygen atoms in total. The average Bonchev–Trinajstić information content (AvgIpc) is 2.73. The molecule has 5 aromatic rings. The maximum atomic E-state index is 4.66. The first-order valence-corrected chi connectivity index (χ1v) is 8.28. The van der Waals surface area contributed by atoms with Gasteiger partial charge in [0.15, 0.2) is 11.6 Å². The van der Waals surface area contributed by atoms with Gasteiger partial charge in [-0.1, -0.05) is 30.3 Å². The van der Waals surface area contributed by atoms with E-state index >= 15 is 0 Å². The molecule has 0 bridgehead atoms. The Bertz CT molecular complexity index is 1070. The third-order valence-electron chi connectivity index (χ3n) is 4.36. The molecule has 5 rings (SSSR count). The summed E-state index contributed by atoms with van der Waals surface area (Å²) >= 11 is 0. The first-order chi connectivity index (χ1) is 12.9. The molecular weight excluding hydrogens is 322 g/mol. The van der Waals surface area contributed by atoms with Gasteiger partial charge in [0.2, 0.25) is 0 Å². The molecule has 3 heterocycles. The SMILES string of the molecule is c1cnc(-c2c3ccccc3c(-c3ncccn3)c3ncccc23)nc1. The van der Waals surface area contributed by atoms with Crippen molar-refractivity contribution >= 4 is 21.7 Å². The van der Waals surface area contributed by atoms with Crippen LogP contribution in [0.2, 0.25) is 0 Å². The summed E-state index contributed by atoms with van der Waals surface area (Å²) in [5, 5.41) is 3.08. The predicted molar refractivity (Wildman–Crippen MR) is 101 cm³/mol. The summed E-state index contributed by atoms with van der Waals surface area (Å²) in [5.74, 6) is 1.34. The third kappa shape index (κ3) is 2.22. The van der Waals surface area contributed by atoms with Crippen LogP contribution in [0.1, 0.15) is 0 Å². The molecule has 0 aliphatic heterocycles. The standard InChI is InChI=1S/C21H13N5/c1-2-7-15-14(6-1)17(20-23-10-4-11-24-20)16-8-3-9-22-19(16)18(15)21-25-12-5-13-26-21/h1-13H. The lowest BCUT2D eigenvalue weighted by molar-refractivity contribution is 1.18. The summed E-state index contributed by atoms with van der Waals surface area (Å²) in [6.07, 6.45) is 8.81. The van der Waals surface area contributed by atoms with E-state index in [4.69, 9.17) is 0 Å². The Morgan fingerprint density at radius 1 is 0.423 bits per heavy atom. The van der Waals surface area contributed by atoms with Crippen LogP contribution < -0.4 is 0 Å². The van der Waals surface area contributed by atoms with Gasteiger partial charge in [0, 0.05) is 41.9 Å². The maximum Gasteiger partial charge on any atom is 0.161 e. The summed E-state index contributed by atoms with van der Waals surface area (Å²) < 4.78 is 0. The Kier molecular flexibility index (Phi) is 3.35. The molecule has 0 atom stereocenters. The molecule has 0 N–H and O–H groups in total. The Morgan fingerprint density at radius 3 is 1.58 bits per heavy atom. The molecule has 26 heavy (non-hydrogen) atoms. The molecule has 5 heteroatoms. The normalized spacial score (nSPS) is 11.1. The van der Waals surface area contributed by atoms with E-state index in [0.29, 0.717) is 11.6 Å². The van der Waals surface area contributed by atoms with Crippen LogP contribution in [0.3, 0.4) is 0 Å². The zero-order valence-electron chi connectivity index (χ0n) is 13.7. The molecule has 0 fully saturated rings. The molecular formula is C21H13N5. The summed E-state index contributed by atoms with van der Waals surface area (Å²) in [7, 11) is 0. The van der Waals surface area contributed by atoms with E-state index < -0.39 is 0 Å². The van der Waals surface area contributed by atoms with Gasteiger partial charge in [-0.05, 0) is 29.0 Å². The summed E-state index contributed by atoms with van der Waals surface area (Å²) in [6.45, 7) is 0. The number of pyridine rings is 1. The molecule has 122 valence electrons. The highest BCUT2D eigenvalue weighted by atomic mass is 14.9. The van der Waals surface area contributed by atoms with Crippen molar-refractivity contribution in [2.75, 3.05) is 0 Å². The zero-order valence-corrected chi connectivity index (χ0v) is 13.7. The maximum absolute atomic E-state index is 4.66. The van der Waals surface area contributed by atoms with Crippen LogP contribution in [0, 0.1) is 0 Å². The Hall–Kier alpha value is -3.73. The number of aromatic nitrogens is 5. The molecule has 0 aliphatic carbocycles. The van der Waals surface area contributed by atoms with E-state index in [1.807, 2.05) is 36.4 Å². The van der Waals surface area contributed by atoms with Crippen molar-refractivity contribution < 1.29 is 0 Å². The molecule has 0 radical (unpaired) electrons. The highest BCUT2D eigenvalue weighted by Crippen LogP contribution is 2.40. The lowest BCUT2D eigenvalue weighted by Crippen LogP contribution is -1.97. The van der Waals surface area contributed by atoms with Crippen molar-refractivity contribution in [3.8, 4) is 22.8 Å². The van der Waals surface area contributed by atoms with Gasteiger partial charge >= 0.3 is 0 Å². The van der Waals surface area contributed by atoms with Gasteiger partial charge in [-0.15, -0.1) is 0 Å². The number of hydrogen-bond acceptors (Lipinski definition) is 5. The second-order valence-electron chi connectivity index (χ2n) is 5.84. The largest absolute Gasteiger partial charge is 0.255 e. The first kappa shape index (κ1) is 14.6. The Balaban J connectivity index is 2.02. The number of rotatable bonds is 2. The smallest absolute Gasteiger partial charge is 0.161 e. The molecule has 0 saturated heterocycles. The minimum atomic E-state index is 0.660. The van der Waals surface area contributed by atoms with Crippen LogP contribution in [0.15, 0.2) is 79.5 Å². The number of hydrogen-bond donors (Lipinski definition) is 0. The zero-order chi connectivity index (χ0) is 17.3. The van der Waals surface area contributed by atoms with Gasteiger partial charge in [0.25, 0.3) is 0 Å². The van der Waals surface area contributed by atoms with Crippen molar-refractivity contribution in [2.24, 2.45) is 0 Å². The summed E-state index contributed by atoms with van der Waals surface area (Å²) in [4.78, 5) is 22.6. The van der Waals surface area contributed by atoms with Crippen molar-refractivity contribution in [2.45, 2.75) is 0 Å². The fraction of sp³-hybridized carbons (Fsp3) is 0. The van der Waals surface area contributed by atoms with Crippen LogP contribution in [0.4, 0.5) is 0 Å². The van der Waals surface area contributed by atoms with Gasteiger partial charge in [0.1, 0.15) is 0 Å². The van der Waals surface area contributed by atoms with Gasteiger partial charge < -0.3 is 0 Å². The van der Waals surface area contributed by atoms with Crippen molar-refractivity contribution in [1.82, 2.24) is 24.9 Å². The predicted octanol–water partition coefficient (Wildman–Crippen LogP) is 4.30.